The van der Waals surface area contributed by atoms with Gasteiger partial charge in [0.15, 0.2) is 9.84 Å². The number of ether oxygens (including phenoxy) is 1. The molecule has 0 fully saturated rings. The monoisotopic (exact) mass is 417 g/mol. The van der Waals surface area contributed by atoms with Gasteiger partial charge in [-0.25, -0.2) is 8.42 Å². The molecule has 0 aliphatic heterocycles. The summed E-state index contributed by atoms with van der Waals surface area (Å²) in [6.45, 7) is 9.75. The second-order valence-electron chi connectivity index (χ2n) is 8.34. The predicted molar refractivity (Wildman–Crippen MR) is 117 cm³/mol. The van der Waals surface area contributed by atoms with Crippen LogP contribution in [-0.2, 0) is 14.6 Å². The van der Waals surface area contributed by atoms with Crippen LogP contribution in [0.25, 0.3) is 0 Å². The molecule has 29 heavy (non-hydrogen) atoms. The molecule has 0 spiro atoms. The standard InChI is InChI=1S/C23H31NO4S/c1-16(14-23(4,5)28-6)15-29(26,27)21-9-7-8-19(13-21)22(25)24-20-11-10-17(2)18(3)12-20/h7-13,16H,14-15H2,1-6H3,(H,24,25). The average Bonchev–Trinajstić information content (AvgIpc) is 2.64. The number of benzene rings is 2. The number of aryl methyl sites for hydroxylation is 2. The van der Waals surface area contributed by atoms with Crippen LogP contribution in [0.1, 0.15) is 48.7 Å². The molecule has 1 unspecified atom stereocenters. The predicted octanol–water partition coefficient (Wildman–Crippen LogP) is 4.78. The molecule has 5 nitrogen and oxygen atoms in total. The third-order valence-electron chi connectivity index (χ3n) is 5.12. The number of amides is 1. The highest BCUT2D eigenvalue weighted by Gasteiger charge is 2.25. The van der Waals surface area contributed by atoms with Crippen molar-refractivity contribution in [2.45, 2.75) is 51.5 Å². The molecule has 0 aliphatic carbocycles. The van der Waals surface area contributed by atoms with E-state index in [4.69, 9.17) is 4.74 Å². The van der Waals surface area contributed by atoms with E-state index in [-0.39, 0.29) is 28.1 Å². The summed E-state index contributed by atoms with van der Waals surface area (Å²) in [5.41, 5.74) is 2.83. The second-order valence-corrected chi connectivity index (χ2v) is 10.4. The molecule has 2 rings (SSSR count). The van der Waals surface area contributed by atoms with Gasteiger partial charge in [-0.05, 0) is 81.5 Å². The average molecular weight is 418 g/mol. The zero-order valence-electron chi connectivity index (χ0n) is 18.1. The summed E-state index contributed by atoms with van der Waals surface area (Å²) in [5, 5.41) is 2.83. The summed E-state index contributed by atoms with van der Waals surface area (Å²) in [6.07, 6.45) is 0.621. The van der Waals surface area contributed by atoms with Crippen molar-refractivity contribution in [3.63, 3.8) is 0 Å². The van der Waals surface area contributed by atoms with Crippen LogP contribution in [0, 0.1) is 19.8 Å². The van der Waals surface area contributed by atoms with Crippen molar-refractivity contribution in [1.82, 2.24) is 0 Å². The van der Waals surface area contributed by atoms with Crippen LogP contribution in [0.2, 0.25) is 0 Å². The molecular weight excluding hydrogens is 386 g/mol. The largest absolute Gasteiger partial charge is 0.379 e. The number of nitrogens with one attached hydrogen (secondary N) is 1. The number of hydrogen-bond donors (Lipinski definition) is 1. The first kappa shape index (κ1) is 23.1. The van der Waals surface area contributed by atoms with Crippen molar-refractivity contribution < 1.29 is 17.9 Å². The van der Waals surface area contributed by atoms with Crippen LogP contribution < -0.4 is 5.32 Å². The molecule has 0 aliphatic rings. The molecule has 0 radical (unpaired) electrons. The van der Waals surface area contributed by atoms with Gasteiger partial charge in [0.1, 0.15) is 0 Å². The van der Waals surface area contributed by atoms with E-state index in [9.17, 15) is 13.2 Å². The SMILES string of the molecule is COC(C)(C)CC(C)CS(=O)(=O)c1cccc(C(=O)Nc2ccc(C)c(C)c2)c1. The highest BCUT2D eigenvalue weighted by Crippen LogP contribution is 2.24. The molecule has 1 amide bonds. The molecule has 2 aromatic carbocycles. The first-order valence-electron chi connectivity index (χ1n) is 9.70. The first-order valence-corrected chi connectivity index (χ1v) is 11.4. The third-order valence-corrected chi connectivity index (χ3v) is 7.10. The maximum Gasteiger partial charge on any atom is 0.255 e. The Hall–Kier alpha value is -2.18. The molecule has 0 saturated carbocycles. The van der Waals surface area contributed by atoms with Gasteiger partial charge in [0.25, 0.3) is 5.91 Å². The van der Waals surface area contributed by atoms with Gasteiger partial charge in [0.2, 0.25) is 0 Å². The van der Waals surface area contributed by atoms with Gasteiger partial charge in [-0.3, -0.25) is 4.79 Å². The molecule has 2 aromatic rings. The maximum absolute atomic E-state index is 12.9. The molecule has 6 heteroatoms. The summed E-state index contributed by atoms with van der Waals surface area (Å²) < 4.78 is 31.1. The Morgan fingerprint density at radius 3 is 2.41 bits per heavy atom. The minimum Gasteiger partial charge on any atom is -0.379 e. The Morgan fingerprint density at radius 1 is 1.10 bits per heavy atom. The summed E-state index contributed by atoms with van der Waals surface area (Å²) >= 11 is 0. The first-order chi connectivity index (χ1) is 13.4. The number of hydrogen-bond acceptors (Lipinski definition) is 4. The lowest BCUT2D eigenvalue weighted by Crippen LogP contribution is -2.28. The maximum atomic E-state index is 12.9. The number of carbonyl (C=O) groups is 1. The number of carbonyl (C=O) groups excluding carboxylic acids is 1. The van der Waals surface area contributed by atoms with E-state index < -0.39 is 9.84 Å². The highest BCUT2D eigenvalue weighted by atomic mass is 32.2. The fraction of sp³-hybridized carbons (Fsp3) is 0.435. The zero-order valence-corrected chi connectivity index (χ0v) is 18.9. The van der Waals surface area contributed by atoms with Crippen LogP contribution in [0.15, 0.2) is 47.4 Å². The van der Waals surface area contributed by atoms with Gasteiger partial charge in [-0.15, -0.1) is 0 Å². The second kappa shape index (κ2) is 9.09. The van der Waals surface area contributed by atoms with E-state index in [1.165, 1.54) is 12.1 Å². The Balaban J connectivity index is 2.16. The lowest BCUT2D eigenvalue weighted by molar-refractivity contribution is 0.00600. The van der Waals surface area contributed by atoms with Crippen LogP contribution >= 0.6 is 0 Å². The number of rotatable bonds is 8. The van der Waals surface area contributed by atoms with Crippen molar-refractivity contribution in [1.29, 1.82) is 0 Å². The Bertz CT molecular complexity index is 980. The van der Waals surface area contributed by atoms with E-state index in [1.807, 2.05) is 52.8 Å². The fourth-order valence-corrected chi connectivity index (χ4v) is 4.96. The molecule has 0 heterocycles. The quantitative estimate of drug-likeness (QED) is 0.671. The fourth-order valence-electron chi connectivity index (χ4n) is 3.31. The third kappa shape index (κ3) is 6.41. The summed E-state index contributed by atoms with van der Waals surface area (Å²) in [7, 11) is -1.89. The highest BCUT2D eigenvalue weighted by molar-refractivity contribution is 7.91. The van der Waals surface area contributed by atoms with E-state index in [0.29, 0.717) is 17.7 Å². The minimum absolute atomic E-state index is 0.00200. The van der Waals surface area contributed by atoms with Crippen molar-refractivity contribution in [3.05, 3.63) is 59.2 Å². The van der Waals surface area contributed by atoms with Gasteiger partial charge in [0.05, 0.1) is 16.2 Å². The van der Waals surface area contributed by atoms with Crippen LogP contribution in [0.4, 0.5) is 5.69 Å². The topological polar surface area (TPSA) is 72.5 Å². The Kier molecular flexibility index (Phi) is 7.25. The number of sulfone groups is 1. The van der Waals surface area contributed by atoms with Crippen LogP contribution in [0.3, 0.4) is 0 Å². The Morgan fingerprint density at radius 2 is 1.79 bits per heavy atom. The van der Waals surface area contributed by atoms with E-state index in [0.717, 1.165) is 11.1 Å². The molecule has 158 valence electrons. The molecule has 1 N–H and O–H groups in total. The van der Waals surface area contributed by atoms with E-state index in [2.05, 4.69) is 5.32 Å². The van der Waals surface area contributed by atoms with Crippen molar-refractivity contribution in [2.75, 3.05) is 18.2 Å². The van der Waals surface area contributed by atoms with Gasteiger partial charge >= 0.3 is 0 Å². The van der Waals surface area contributed by atoms with E-state index >= 15 is 0 Å². The molecule has 0 bridgehead atoms. The molecular formula is C23H31NO4S. The van der Waals surface area contributed by atoms with Crippen LogP contribution in [0.5, 0.6) is 0 Å². The summed E-state index contributed by atoms with van der Waals surface area (Å²) in [4.78, 5) is 12.8. The number of anilines is 1. The molecule has 0 saturated heterocycles. The minimum atomic E-state index is -3.52. The van der Waals surface area contributed by atoms with Crippen molar-refractivity contribution in [3.8, 4) is 0 Å². The zero-order chi connectivity index (χ0) is 21.8. The molecule has 1 atom stereocenters. The van der Waals surface area contributed by atoms with Gasteiger partial charge in [0, 0.05) is 18.4 Å². The lowest BCUT2D eigenvalue weighted by atomic mass is 9.96. The Labute approximate surface area is 174 Å². The summed E-state index contributed by atoms with van der Waals surface area (Å²) in [5.74, 6) is -0.413. The van der Waals surface area contributed by atoms with Crippen molar-refractivity contribution >= 4 is 21.4 Å². The van der Waals surface area contributed by atoms with Gasteiger partial charge < -0.3 is 10.1 Å². The smallest absolute Gasteiger partial charge is 0.255 e. The van der Waals surface area contributed by atoms with Gasteiger partial charge in [-0.2, -0.15) is 0 Å². The number of methoxy groups -OCH3 is 1. The van der Waals surface area contributed by atoms with E-state index in [1.54, 1.807) is 19.2 Å². The van der Waals surface area contributed by atoms with Crippen molar-refractivity contribution in [2.24, 2.45) is 5.92 Å². The lowest BCUT2D eigenvalue weighted by Gasteiger charge is -2.26. The van der Waals surface area contributed by atoms with Crippen LogP contribution in [-0.4, -0.2) is 32.8 Å². The normalized spacial score (nSPS) is 13.2. The molecule has 0 aromatic heterocycles. The summed E-state index contributed by atoms with van der Waals surface area (Å²) in [6, 6.07) is 11.9. The van der Waals surface area contributed by atoms with Gasteiger partial charge in [-0.1, -0.05) is 19.1 Å².